The second-order valence-corrected chi connectivity index (χ2v) is 2.99. The number of hydrogen-bond acceptors (Lipinski definition) is 3. The minimum atomic E-state index is -0.551. The number of hydrogen-bond donors (Lipinski definition) is 1. The number of halogens is 1. The number of benzene rings is 1. The van der Waals surface area contributed by atoms with Crippen molar-refractivity contribution < 1.29 is 13.9 Å². The van der Waals surface area contributed by atoms with Gasteiger partial charge < -0.3 is 15.2 Å². The van der Waals surface area contributed by atoms with Crippen LogP contribution in [0.4, 0.5) is 4.39 Å². The van der Waals surface area contributed by atoms with Crippen LogP contribution in [0.2, 0.25) is 0 Å². The molecule has 2 N–H and O–H groups in total. The van der Waals surface area contributed by atoms with Crippen LogP contribution in [0, 0.1) is 5.82 Å². The molecule has 0 saturated carbocycles. The van der Waals surface area contributed by atoms with Gasteiger partial charge >= 0.3 is 0 Å². The molecule has 0 spiro atoms. The molecule has 0 saturated heterocycles. The van der Waals surface area contributed by atoms with Gasteiger partial charge in [0.15, 0.2) is 11.5 Å². The van der Waals surface area contributed by atoms with Gasteiger partial charge in [-0.25, -0.2) is 4.39 Å². The molecule has 4 heteroatoms. The van der Waals surface area contributed by atoms with Crippen LogP contribution in [-0.4, -0.2) is 14.2 Å². The number of rotatable bonds is 4. The molecule has 0 aromatic heterocycles. The zero-order chi connectivity index (χ0) is 11.4. The Morgan fingerprint density at radius 3 is 2.33 bits per heavy atom. The minimum Gasteiger partial charge on any atom is -0.493 e. The van der Waals surface area contributed by atoms with Crippen molar-refractivity contribution in [1.82, 2.24) is 0 Å². The monoisotopic (exact) mass is 211 g/mol. The van der Waals surface area contributed by atoms with E-state index < -0.39 is 11.9 Å². The molecule has 0 fully saturated rings. The van der Waals surface area contributed by atoms with Gasteiger partial charge in [-0.3, -0.25) is 0 Å². The molecule has 82 valence electrons. The summed E-state index contributed by atoms with van der Waals surface area (Å²) in [5, 5.41) is 0. The summed E-state index contributed by atoms with van der Waals surface area (Å²) in [6.07, 6.45) is 1.46. The van der Waals surface area contributed by atoms with Crippen molar-refractivity contribution in [2.45, 2.75) is 6.04 Å². The quantitative estimate of drug-likeness (QED) is 0.775. The lowest BCUT2D eigenvalue weighted by Crippen LogP contribution is -2.09. The van der Waals surface area contributed by atoms with E-state index in [1.54, 1.807) is 0 Å². The molecule has 0 heterocycles. The van der Waals surface area contributed by atoms with Crippen molar-refractivity contribution in [1.29, 1.82) is 0 Å². The molecule has 0 amide bonds. The van der Waals surface area contributed by atoms with Crippen LogP contribution < -0.4 is 15.2 Å². The smallest absolute Gasteiger partial charge is 0.163 e. The lowest BCUT2D eigenvalue weighted by atomic mass is 10.1. The number of methoxy groups -OCH3 is 2. The van der Waals surface area contributed by atoms with E-state index in [2.05, 4.69) is 6.58 Å². The molecule has 0 aliphatic rings. The lowest BCUT2D eigenvalue weighted by Gasteiger charge is -2.13. The fraction of sp³-hybridized carbons (Fsp3) is 0.273. The first-order chi connectivity index (χ1) is 7.13. The molecular formula is C11H14FNO2. The molecule has 3 nitrogen and oxygen atoms in total. The summed E-state index contributed by atoms with van der Waals surface area (Å²) in [7, 11) is 2.93. The van der Waals surface area contributed by atoms with Crippen molar-refractivity contribution in [2.24, 2.45) is 5.73 Å². The molecule has 1 aromatic carbocycles. The zero-order valence-electron chi connectivity index (χ0n) is 8.79. The maximum atomic E-state index is 13.5. The largest absolute Gasteiger partial charge is 0.493 e. The van der Waals surface area contributed by atoms with Crippen molar-refractivity contribution in [3.8, 4) is 11.5 Å². The van der Waals surface area contributed by atoms with E-state index in [1.165, 1.54) is 32.4 Å². The van der Waals surface area contributed by atoms with Crippen LogP contribution in [0.5, 0.6) is 11.5 Å². The average Bonchev–Trinajstić information content (AvgIpc) is 2.27. The van der Waals surface area contributed by atoms with Crippen LogP contribution in [0.25, 0.3) is 0 Å². The van der Waals surface area contributed by atoms with Crippen LogP contribution in [0.15, 0.2) is 24.8 Å². The summed E-state index contributed by atoms with van der Waals surface area (Å²) in [5.74, 6) is 0.362. The maximum Gasteiger partial charge on any atom is 0.163 e. The number of ether oxygens (including phenoxy) is 2. The van der Waals surface area contributed by atoms with E-state index >= 15 is 0 Å². The predicted octanol–water partition coefficient (Wildman–Crippen LogP) is 2.03. The first-order valence-electron chi connectivity index (χ1n) is 4.43. The Kier molecular flexibility index (Phi) is 3.68. The molecule has 0 aliphatic carbocycles. The molecule has 1 aromatic rings. The summed E-state index contributed by atoms with van der Waals surface area (Å²) in [6.45, 7) is 3.51. The highest BCUT2D eigenvalue weighted by molar-refractivity contribution is 5.45. The summed E-state index contributed by atoms with van der Waals surface area (Å²) in [5.41, 5.74) is 5.99. The van der Waals surface area contributed by atoms with E-state index in [-0.39, 0.29) is 0 Å². The highest BCUT2D eigenvalue weighted by Crippen LogP contribution is 2.31. The van der Waals surface area contributed by atoms with Crippen molar-refractivity contribution in [3.05, 3.63) is 36.2 Å². The third-order valence-electron chi connectivity index (χ3n) is 2.12. The second kappa shape index (κ2) is 4.79. The van der Waals surface area contributed by atoms with E-state index in [4.69, 9.17) is 15.2 Å². The highest BCUT2D eigenvalue weighted by Gasteiger charge is 2.14. The molecule has 0 aliphatic heterocycles. The van der Waals surface area contributed by atoms with Gasteiger partial charge in [0.25, 0.3) is 0 Å². The molecule has 0 unspecified atom stereocenters. The normalized spacial score (nSPS) is 12.0. The van der Waals surface area contributed by atoms with E-state index in [0.29, 0.717) is 17.1 Å². The summed E-state index contributed by atoms with van der Waals surface area (Å²) in [4.78, 5) is 0. The average molecular weight is 211 g/mol. The molecule has 1 rings (SSSR count). The Morgan fingerprint density at radius 2 is 1.87 bits per heavy atom. The molecule has 1 atom stereocenters. The third-order valence-corrected chi connectivity index (χ3v) is 2.12. The van der Waals surface area contributed by atoms with Gasteiger partial charge in [0.1, 0.15) is 5.82 Å². The Balaban J connectivity index is 3.25. The van der Waals surface area contributed by atoms with Gasteiger partial charge in [-0.2, -0.15) is 0 Å². The molecule has 0 radical (unpaired) electrons. The van der Waals surface area contributed by atoms with Gasteiger partial charge in [0.05, 0.1) is 20.3 Å². The fourth-order valence-electron chi connectivity index (χ4n) is 1.25. The lowest BCUT2D eigenvalue weighted by molar-refractivity contribution is 0.351. The topological polar surface area (TPSA) is 44.5 Å². The van der Waals surface area contributed by atoms with E-state index in [9.17, 15) is 4.39 Å². The molecule has 0 bridgehead atoms. The number of nitrogens with two attached hydrogens (primary N) is 1. The third kappa shape index (κ3) is 2.27. The predicted molar refractivity (Wildman–Crippen MR) is 56.6 cm³/mol. The van der Waals surface area contributed by atoms with Crippen LogP contribution in [0.1, 0.15) is 11.6 Å². The summed E-state index contributed by atoms with van der Waals surface area (Å²) >= 11 is 0. The van der Waals surface area contributed by atoms with Gasteiger partial charge in [0, 0.05) is 11.6 Å². The van der Waals surface area contributed by atoms with Crippen LogP contribution in [0.3, 0.4) is 0 Å². The first kappa shape index (κ1) is 11.5. The van der Waals surface area contributed by atoms with Crippen molar-refractivity contribution in [2.75, 3.05) is 14.2 Å². The van der Waals surface area contributed by atoms with Gasteiger partial charge in [-0.1, -0.05) is 6.08 Å². The minimum absolute atomic E-state index is 0.336. The Labute approximate surface area is 88.3 Å². The fourth-order valence-corrected chi connectivity index (χ4v) is 1.25. The Bertz CT molecular complexity index is 366. The second-order valence-electron chi connectivity index (χ2n) is 2.99. The Morgan fingerprint density at radius 1 is 1.33 bits per heavy atom. The maximum absolute atomic E-state index is 13.5. The summed E-state index contributed by atoms with van der Waals surface area (Å²) < 4.78 is 23.5. The van der Waals surface area contributed by atoms with Crippen molar-refractivity contribution in [3.63, 3.8) is 0 Å². The van der Waals surface area contributed by atoms with E-state index in [0.717, 1.165) is 0 Å². The standard InChI is InChI=1S/C11H14FNO2/c1-4-9(13)7-5-10(14-2)11(15-3)6-8(7)12/h4-6,9H,1,13H2,2-3H3/t9-/m0/s1. The zero-order valence-corrected chi connectivity index (χ0v) is 8.79. The van der Waals surface area contributed by atoms with Gasteiger partial charge in [-0.15, -0.1) is 6.58 Å². The van der Waals surface area contributed by atoms with Crippen LogP contribution >= 0.6 is 0 Å². The van der Waals surface area contributed by atoms with Gasteiger partial charge in [0.2, 0.25) is 0 Å². The molecular weight excluding hydrogens is 197 g/mol. The molecule has 15 heavy (non-hydrogen) atoms. The first-order valence-corrected chi connectivity index (χ1v) is 4.43. The summed E-state index contributed by atoms with van der Waals surface area (Å²) in [6, 6.07) is 2.21. The Hall–Kier alpha value is -1.55. The van der Waals surface area contributed by atoms with Crippen molar-refractivity contribution >= 4 is 0 Å². The van der Waals surface area contributed by atoms with Gasteiger partial charge in [-0.05, 0) is 6.07 Å². The van der Waals surface area contributed by atoms with Crippen LogP contribution in [-0.2, 0) is 0 Å². The highest BCUT2D eigenvalue weighted by atomic mass is 19.1. The SMILES string of the molecule is C=C[C@H](N)c1cc(OC)c(OC)cc1F. The van der Waals surface area contributed by atoms with E-state index in [1.807, 2.05) is 0 Å².